The molecule has 1 aliphatic rings. The summed E-state index contributed by atoms with van der Waals surface area (Å²) in [6.07, 6.45) is 0. The Morgan fingerprint density at radius 1 is 1.28 bits per heavy atom. The monoisotopic (exact) mass is 363 g/mol. The number of halogens is 1. The molecule has 7 heteroatoms. The van der Waals surface area contributed by atoms with Crippen molar-refractivity contribution in [1.82, 2.24) is 9.88 Å². The number of nitrogens with zero attached hydrogens (tertiary/aromatic N) is 2. The van der Waals surface area contributed by atoms with Gasteiger partial charge in [0, 0.05) is 18.5 Å². The SMILES string of the molecule is CC(C)c1csc(NC(=O)[C@@H](c2ccc(F)cc2)N2CCOCC2)n1. The number of rotatable bonds is 5. The number of anilines is 1. The lowest BCUT2D eigenvalue weighted by molar-refractivity contribution is -0.123. The number of benzene rings is 1. The lowest BCUT2D eigenvalue weighted by Crippen LogP contribution is -2.43. The van der Waals surface area contributed by atoms with E-state index in [2.05, 4.69) is 29.0 Å². The second-order valence-electron chi connectivity index (χ2n) is 6.32. The molecule has 1 fully saturated rings. The van der Waals surface area contributed by atoms with E-state index >= 15 is 0 Å². The highest BCUT2D eigenvalue weighted by Crippen LogP contribution is 2.26. The standard InChI is InChI=1S/C18H22FN3O2S/c1-12(2)15-11-25-18(20-15)21-17(23)16(22-7-9-24-10-8-22)13-3-5-14(19)6-4-13/h3-6,11-12,16H,7-10H2,1-2H3,(H,20,21,23)/t16-/m1/s1. The second-order valence-corrected chi connectivity index (χ2v) is 7.18. The van der Waals surface area contributed by atoms with Crippen LogP contribution in [-0.2, 0) is 9.53 Å². The number of hydrogen-bond donors (Lipinski definition) is 1. The van der Waals surface area contributed by atoms with Crippen molar-refractivity contribution in [1.29, 1.82) is 0 Å². The third-order valence-corrected chi connectivity index (χ3v) is 4.96. The van der Waals surface area contributed by atoms with E-state index in [0.717, 1.165) is 11.3 Å². The summed E-state index contributed by atoms with van der Waals surface area (Å²) in [6.45, 7) is 6.61. The van der Waals surface area contributed by atoms with Crippen molar-refractivity contribution in [2.75, 3.05) is 31.6 Å². The van der Waals surface area contributed by atoms with E-state index in [0.29, 0.717) is 37.4 Å². The van der Waals surface area contributed by atoms with Gasteiger partial charge in [-0.25, -0.2) is 9.37 Å². The minimum atomic E-state index is -0.490. The number of aromatic nitrogens is 1. The molecule has 1 aromatic carbocycles. The van der Waals surface area contributed by atoms with Crippen molar-refractivity contribution in [2.45, 2.75) is 25.8 Å². The fourth-order valence-electron chi connectivity index (χ4n) is 2.79. The van der Waals surface area contributed by atoms with E-state index < -0.39 is 6.04 Å². The van der Waals surface area contributed by atoms with Crippen molar-refractivity contribution in [3.63, 3.8) is 0 Å². The zero-order valence-electron chi connectivity index (χ0n) is 14.4. The molecule has 3 rings (SSSR count). The third-order valence-electron chi connectivity index (χ3n) is 4.19. The quantitative estimate of drug-likeness (QED) is 0.884. The molecular formula is C18H22FN3O2S. The summed E-state index contributed by atoms with van der Waals surface area (Å²) in [5.41, 5.74) is 1.73. The first-order valence-corrected chi connectivity index (χ1v) is 9.26. The minimum absolute atomic E-state index is 0.154. The van der Waals surface area contributed by atoms with Gasteiger partial charge >= 0.3 is 0 Å². The van der Waals surface area contributed by atoms with E-state index in [4.69, 9.17) is 4.74 Å². The molecule has 2 aromatic rings. The summed E-state index contributed by atoms with van der Waals surface area (Å²) in [4.78, 5) is 19.5. The molecule has 1 aromatic heterocycles. The van der Waals surface area contributed by atoms with E-state index in [-0.39, 0.29) is 11.7 Å². The Kier molecular flexibility index (Phi) is 5.78. The molecule has 1 N–H and O–H groups in total. The molecule has 1 saturated heterocycles. The molecule has 0 bridgehead atoms. The molecule has 0 radical (unpaired) electrons. The van der Waals surface area contributed by atoms with Gasteiger partial charge in [-0.15, -0.1) is 11.3 Å². The summed E-state index contributed by atoms with van der Waals surface area (Å²) >= 11 is 1.42. The van der Waals surface area contributed by atoms with Gasteiger partial charge in [0.05, 0.1) is 18.9 Å². The van der Waals surface area contributed by atoms with Crippen LogP contribution in [0.1, 0.15) is 37.1 Å². The van der Waals surface area contributed by atoms with Gasteiger partial charge in [0.15, 0.2) is 5.13 Å². The molecule has 1 aliphatic heterocycles. The summed E-state index contributed by atoms with van der Waals surface area (Å²) < 4.78 is 18.7. The topological polar surface area (TPSA) is 54.5 Å². The normalized spacial score (nSPS) is 16.8. The summed E-state index contributed by atoms with van der Waals surface area (Å²) in [6, 6.07) is 5.61. The Morgan fingerprint density at radius 3 is 2.56 bits per heavy atom. The largest absolute Gasteiger partial charge is 0.379 e. The van der Waals surface area contributed by atoms with Crippen LogP contribution in [0.4, 0.5) is 9.52 Å². The van der Waals surface area contributed by atoms with Crippen LogP contribution in [0.15, 0.2) is 29.6 Å². The number of ether oxygens (including phenoxy) is 1. The Bertz CT molecular complexity index is 711. The smallest absolute Gasteiger partial charge is 0.248 e. The molecule has 134 valence electrons. The molecule has 5 nitrogen and oxygen atoms in total. The van der Waals surface area contributed by atoms with Crippen LogP contribution in [0.2, 0.25) is 0 Å². The zero-order valence-corrected chi connectivity index (χ0v) is 15.2. The van der Waals surface area contributed by atoms with Crippen molar-refractivity contribution >= 4 is 22.4 Å². The van der Waals surface area contributed by atoms with Gasteiger partial charge in [-0.1, -0.05) is 26.0 Å². The lowest BCUT2D eigenvalue weighted by atomic mass is 10.0. The van der Waals surface area contributed by atoms with Crippen LogP contribution in [0.25, 0.3) is 0 Å². The Morgan fingerprint density at radius 2 is 1.96 bits per heavy atom. The summed E-state index contributed by atoms with van der Waals surface area (Å²) in [5, 5.41) is 5.47. The maximum absolute atomic E-state index is 13.3. The highest BCUT2D eigenvalue weighted by Gasteiger charge is 2.29. The number of hydrogen-bond acceptors (Lipinski definition) is 5. The number of carbonyl (C=O) groups is 1. The molecule has 0 aliphatic carbocycles. The summed E-state index contributed by atoms with van der Waals surface area (Å²) in [7, 11) is 0. The van der Waals surface area contributed by atoms with Crippen LogP contribution in [-0.4, -0.2) is 42.1 Å². The van der Waals surface area contributed by atoms with Crippen LogP contribution < -0.4 is 5.32 Å². The Hall–Kier alpha value is -1.83. The van der Waals surface area contributed by atoms with E-state index in [1.165, 1.54) is 23.5 Å². The predicted octanol–water partition coefficient (Wildman–Crippen LogP) is 3.42. The number of nitrogens with one attached hydrogen (secondary N) is 1. The van der Waals surface area contributed by atoms with Gasteiger partial charge in [-0.2, -0.15) is 0 Å². The average molecular weight is 363 g/mol. The third kappa shape index (κ3) is 4.42. The molecule has 0 saturated carbocycles. The molecule has 1 atom stereocenters. The van der Waals surface area contributed by atoms with Gasteiger partial charge in [0.25, 0.3) is 0 Å². The maximum atomic E-state index is 13.3. The fraction of sp³-hybridized carbons (Fsp3) is 0.444. The first kappa shape index (κ1) is 18.0. The molecular weight excluding hydrogens is 341 g/mol. The van der Waals surface area contributed by atoms with Gasteiger partial charge in [-0.3, -0.25) is 9.69 Å². The highest BCUT2D eigenvalue weighted by molar-refractivity contribution is 7.13. The fourth-order valence-corrected chi connectivity index (χ4v) is 3.67. The van der Waals surface area contributed by atoms with E-state index in [9.17, 15) is 9.18 Å². The van der Waals surface area contributed by atoms with Gasteiger partial charge in [0.1, 0.15) is 11.9 Å². The average Bonchev–Trinajstić information content (AvgIpc) is 3.07. The van der Waals surface area contributed by atoms with Crippen molar-refractivity contribution in [3.05, 3.63) is 46.7 Å². The van der Waals surface area contributed by atoms with Crippen LogP contribution in [0, 0.1) is 5.82 Å². The molecule has 0 unspecified atom stereocenters. The van der Waals surface area contributed by atoms with Crippen LogP contribution >= 0.6 is 11.3 Å². The molecule has 25 heavy (non-hydrogen) atoms. The van der Waals surface area contributed by atoms with Crippen molar-refractivity contribution in [2.24, 2.45) is 0 Å². The van der Waals surface area contributed by atoms with Gasteiger partial charge in [0.2, 0.25) is 5.91 Å². The van der Waals surface area contributed by atoms with Crippen LogP contribution in [0.3, 0.4) is 0 Å². The van der Waals surface area contributed by atoms with Crippen LogP contribution in [0.5, 0.6) is 0 Å². The van der Waals surface area contributed by atoms with E-state index in [1.54, 1.807) is 12.1 Å². The molecule has 2 heterocycles. The lowest BCUT2D eigenvalue weighted by Gasteiger charge is -2.33. The predicted molar refractivity (Wildman–Crippen MR) is 96.4 cm³/mol. The number of amides is 1. The first-order valence-electron chi connectivity index (χ1n) is 8.38. The maximum Gasteiger partial charge on any atom is 0.248 e. The van der Waals surface area contributed by atoms with Crippen molar-refractivity contribution < 1.29 is 13.9 Å². The molecule has 1 amide bonds. The minimum Gasteiger partial charge on any atom is -0.379 e. The number of carbonyl (C=O) groups excluding carboxylic acids is 1. The second kappa shape index (κ2) is 8.03. The Labute approximate surface area is 150 Å². The van der Waals surface area contributed by atoms with Gasteiger partial charge in [-0.05, 0) is 23.6 Å². The number of thiazole rings is 1. The van der Waals surface area contributed by atoms with Gasteiger partial charge < -0.3 is 10.1 Å². The number of morpholine rings is 1. The highest BCUT2D eigenvalue weighted by atomic mass is 32.1. The first-order chi connectivity index (χ1) is 12.0. The zero-order chi connectivity index (χ0) is 17.8. The van der Waals surface area contributed by atoms with E-state index in [1.807, 2.05) is 5.38 Å². The summed E-state index contributed by atoms with van der Waals surface area (Å²) in [5.74, 6) is -0.154. The molecule has 0 spiro atoms. The Balaban J connectivity index is 1.81. The van der Waals surface area contributed by atoms with Crippen molar-refractivity contribution in [3.8, 4) is 0 Å².